The Morgan fingerprint density at radius 2 is 2.05 bits per heavy atom. The summed E-state index contributed by atoms with van der Waals surface area (Å²) < 4.78 is 0. The zero-order valence-electron chi connectivity index (χ0n) is 10.7. The molecule has 8 nitrogen and oxygen atoms in total. The van der Waals surface area contributed by atoms with Crippen molar-refractivity contribution in [3.05, 3.63) is 33.9 Å². The van der Waals surface area contributed by atoms with E-state index in [2.05, 4.69) is 5.32 Å². The number of carboxylic acids is 1. The second-order valence-corrected chi connectivity index (χ2v) is 4.14. The summed E-state index contributed by atoms with van der Waals surface area (Å²) in [6.07, 6.45) is 1.50. The SMILES string of the molecule is NC(=O)CCCCNc1ccc([N+](=O)[O-])cc1C(=O)O. The van der Waals surface area contributed by atoms with Crippen LogP contribution in [0.1, 0.15) is 29.6 Å². The first-order valence-electron chi connectivity index (χ1n) is 5.95. The molecule has 0 bridgehead atoms. The van der Waals surface area contributed by atoms with Crippen molar-refractivity contribution < 1.29 is 19.6 Å². The molecule has 0 fully saturated rings. The van der Waals surface area contributed by atoms with Crippen molar-refractivity contribution in [1.29, 1.82) is 0 Å². The highest BCUT2D eigenvalue weighted by molar-refractivity contribution is 5.95. The first kappa shape index (κ1) is 15.4. The Bertz CT molecular complexity index is 530. The average molecular weight is 281 g/mol. The summed E-state index contributed by atoms with van der Waals surface area (Å²) in [4.78, 5) is 31.5. The van der Waals surface area contributed by atoms with E-state index in [0.29, 0.717) is 25.1 Å². The molecule has 0 aliphatic heterocycles. The summed E-state index contributed by atoms with van der Waals surface area (Å²) >= 11 is 0. The Balaban J connectivity index is 2.67. The Labute approximate surface area is 114 Å². The first-order valence-corrected chi connectivity index (χ1v) is 5.95. The Kier molecular flexibility index (Phi) is 5.45. The molecule has 8 heteroatoms. The van der Waals surface area contributed by atoms with Crippen molar-refractivity contribution in [2.45, 2.75) is 19.3 Å². The van der Waals surface area contributed by atoms with Crippen LogP contribution in [-0.2, 0) is 4.79 Å². The number of unbranched alkanes of at least 4 members (excludes halogenated alkanes) is 1. The molecule has 0 aromatic heterocycles. The summed E-state index contributed by atoms with van der Waals surface area (Å²) in [5, 5.41) is 22.5. The van der Waals surface area contributed by atoms with Crippen molar-refractivity contribution in [3.63, 3.8) is 0 Å². The van der Waals surface area contributed by atoms with Gasteiger partial charge in [0.25, 0.3) is 5.69 Å². The van der Waals surface area contributed by atoms with Crippen LogP contribution in [0.5, 0.6) is 0 Å². The monoisotopic (exact) mass is 281 g/mol. The van der Waals surface area contributed by atoms with Gasteiger partial charge in [-0.3, -0.25) is 14.9 Å². The number of non-ortho nitro benzene ring substituents is 1. The number of carboxylic acid groups (broad SMARTS) is 1. The highest BCUT2D eigenvalue weighted by atomic mass is 16.6. The minimum absolute atomic E-state index is 0.158. The van der Waals surface area contributed by atoms with Crippen LogP contribution in [0.15, 0.2) is 18.2 Å². The van der Waals surface area contributed by atoms with Gasteiger partial charge in [-0.05, 0) is 18.9 Å². The minimum Gasteiger partial charge on any atom is -0.478 e. The molecule has 0 aliphatic carbocycles. The molecule has 4 N–H and O–H groups in total. The number of hydrogen-bond acceptors (Lipinski definition) is 5. The Hall–Kier alpha value is -2.64. The Morgan fingerprint density at radius 1 is 1.35 bits per heavy atom. The molecule has 108 valence electrons. The predicted octanol–water partition coefficient (Wildman–Crippen LogP) is 1.36. The van der Waals surface area contributed by atoms with Crippen molar-refractivity contribution >= 4 is 23.3 Å². The molecule has 0 saturated carbocycles. The van der Waals surface area contributed by atoms with Gasteiger partial charge < -0.3 is 16.2 Å². The van der Waals surface area contributed by atoms with Gasteiger partial charge in [-0.1, -0.05) is 0 Å². The van der Waals surface area contributed by atoms with E-state index in [9.17, 15) is 19.7 Å². The molecule has 1 rings (SSSR count). The number of benzene rings is 1. The molecule has 1 amide bonds. The molecule has 0 aliphatic rings. The van der Waals surface area contributed by atoms with Crippen molar-refractivity contribution in [2.24, 2.45) is 5.73 Å². The highest BCUT2D eigenvalue weighted by Gasteiger charge is 2.15. The summed E-state index contributed by atoms with van der Waals surface area (Å²) in [6, 6.07) is 3.60. The summed E-state index contributed by atoms with van der Waals surface area (Å²) in [5.41, 5.74) is 4.87. The standard InChI is InChI=1S/C12H15N3O5/c13-11(16)3-1-2-6-14-10-5-4-8(15(19)20)7-9(10)12(17)18/h4-5,7,14H,1-3,6H2,(H2,13,16)(H,17,18). The topological polar surface area (TPSA) is 136 Å². The number of carbonyl (C=O) groups excluding carboxylic acids is 1. The number of aromatic carboxylic acids is 1. The maximum absolute atomic E-state index is 11.1. The molecule has 0 saturated heterocycles. The fraction of sp³-hybridized carbons (Fsp3) is 0.333. The fourth-order valence-electron chi connectivity index (χ4n) is 1.62. The third-order valence-corrected chi connectivity index (χ3v) is 2.61. The maximum atomic E-state index is 11.1. The number of carbonyl (C=O) groups is 2. The lowest BCUT2D eigenvalue weighted by atomic mass is 10.1. The van der Waals surface area contributed by atoms with Crippen LogP contribution in [-0.4, -0.2) is 28.5 Å². The average Bonchev–Trinajstić information content (AvgIpc) is 2.37. The third-order valence-electron chi connectivity index (χ3n) is 2.61. The molecular formula is C12H15N3O5. The van der Waals surface area contributed by atoms with Crippen LogP contribution in [0.4, 0.5) is 11.4 Å². The summed E-state index contributed by atoms with van der Waals surface area (Å²) in [6.45, 7) is 0.450. The van der Waals surface area contributed by atoms with Gasteiger partial charge in [0.15, 0.2) is 0 Å². The number of nitro benzene ring substituents is 1. The Morgan fingerprint density at radius 3 is 2.60 bits per heavy atom. The summed E-state index contributed by atoms with van der Waals surface area (Å²) in [5.74, 6) is -1.63. The zero-order valence-corrected chi connectivity index (χ0v) is 10.7. The van der Waals surface area contributed by atoms with E-state index in [1.807, 2.05) is 0 Å². The van der Waals surface area contributed by atoms with Gasteiger partial charge in [-0.25, -0.2) is 4.79 Å². The molecule has 0 unspecified atom stereocenters. The lowest BCUT2D eigenvalue weighted by Gasteiger charge is -2.09. The van der Waals surface area contributed by atoms with E-state index in [0.717, 1.165) is 6.07 Å². The molecule has 0 spiro atoms. The molecule has 0 heterocycles. The van der Waals surface area contributed by atoms with E-state index < -0.39 is 10.9 Å². The number of nitrogens with zero attached hydrogens (tertiary/aromatic N) is 1. The molecule has 20 heavy (non-hydrogen) atoms. The first-order chi connectivity index (χ1) is 9.41. The molecule has 1 aromatic rings. The van der Waals surface area contributed by atoms with E-state index in [1.165, 1.54) is 12.1 Å². The van der Waals surface area contributed by atoms with E-state index in [-0.39, 0.29) is 23.6 Å². The smallest absolute Gasteiger partial charge is 0.338 e. The van der Waals surface area contributed by atoms with Crippen molar-refractivity contribution in [1.82, 2.24) is 0 Å². The summed E-state index contributed by atoms with van der Waals surface area (Å²) in [7, 11) is 0. The van der Waals surface area contributed by atoms with Gasteiger partial charge in [-0.2, -0.15) is 0 Å². The van der Waals surface area contributed by atoms with Gasteiger partial charge >= 0.3 is 5.97 Å². The van der Waals surface area contributed by atoms with E-state index >= 15 is 0 Å². The largest absolute Gasteiger partial charge is 0.478 e. The lowest BCUT2D eigenvalue weighted by Crippen LogP contribution is -2.12. The number of nitro groups is 1. The van der Waals surface area contributed by atoms with Gasteiger partial charge in [0.1, 0.15) is 0 Å². The van der Waals surface area contributed by atoms with E-state index in [4.69, 9.17) is 10.8 Å². The minimum atomic E-state index is -1.24. The van der Waals surface area contributed by atoms with Crippen molar-refractivity contribution in [3.8, 4) is 0 Å². The molecular weight excluding hydrogens is 266 g/mol. The van der Waals surface area contributed by atoms with Gasteiger partial charge in [0.2, 0.25) is 5.91 Å². The van der Waals surface area contributed by atoms with Crippen LogP contribution >= 0.6 is 0 Å². The molecule has 0 atom stereocenters. The van der Waals surface area contributed by atoms with E-state index in [1.54, 1.807) is 0 Å². The number of primary amides is 1. The quantitative estimate of drug-likeness (QED) is 0.374. The van der Waals surface area contributed by atoms with Crippen LogP contribution in [0, 0.1) is 10.1 Å². The van der Waals surface area contributed by atoms with Crippen LogP contribution in [0.25, 0.3) is 0 Å². The number of nitrogens with two attached hydrogens (primary N) is 1. The van der Waals surface area contributed by atoms with Gasteiger partial charge in [-0.15, -0.1) is 0 Å². The fourth-order valence-corrected chi connectivity index (χ4v) is 1.62. The second-order valence-electron chi connectivity index (χ2n) is 4.14. The normalized spacial score (nSPS) is 10.0. The number of amides is 1. The number of hydrogen-bond donors (Lipinski definition) is 3. The van der Waals surface area contributed by atoms with Gasteiger partial charge in [0, 0.05) is 30.8 Å². The van der Waals surface area contributed by atoms with Crippen LogP contribution in [0.3, 0.4) is 0 Å². The number of rotatable bonds is 8. The van der Waals surface area contributed by atoms with Crippen LogP contribution < -0.4 is 11.1 Å². The number of nitrogens with one attached hydrogen (secondary N) is 1. The van der Waals surface area contributed by atoms with Gasteiger partial charge in [0.05, 0.1) is 10.5 Å². The second kappa shape index (κ2) is 7.07. The van der Waals surface area contributed by atoms with Crippen LogP contribution in [0.2, 0.25) is 0 Å². The lowest BCUT2D eigenvalue weighted by molar-refractivity contribution is -0.384. The third kappa shape index (κ3) is 4.56. The zero-order chi connectivity index (χ0) is 15.1. The number of anilines is 1. The molecule has 0 radical (unpaired) electrons. The molecule has 1 aromatic carbocycles. The van der Waals surface area contributed by atoms with Crippen molar-refractivity contribution in [2.75, 3.05) is 11.9 Å². The predicted molar refractivity (Wildman–Crippen MR) is 71.6 cm³/mol. The maximum Gasteiger partial charge on any atom is 0.338 e. The highest BCUT2D eigenvalue weighted by Crippen LogP contribution is 2.22.